The molecule has 30 heavy (non-hydrogen) atoms. The number of halogens is 1. The molecule has 1 fully saturated rings. The van der Waals surface area contributed by atoms with Crippen LogP contribution >= 0.6 is 24.0 Å². The summed E-state index contributed by atoms with van der Waals surface area (Å²) in [6.07, 6.45) is 3.22. The SMILES string of the molecule is CCCN1CCC(CNC(=NCC(O)c2ccc(OC(C)C)cc2)NCC)CC1.I. The summed E-state index contributed by atoms with van der Waals surface area (Å²) in [7, 11) is 0. The molecule has 2 rings (SSSR count). The number of piperidine rings is 1. The molecule has 1 heterocycles. The van der Waals surface area contributed by atoms with E-state index in [2.05, 4.69) is 34.4 Å². The van der Waals surface area contributed by atoms with Gasteiger partial charge in [0, 0.05) is 13.1 Å². The molecule has 1 unspecified atom stereocenters. The van der Waals surface area contributed by atoms with Crippen LogP contribution in [0.25, 0.3) is 0 Å². The maximum atomic E-state index is 10.5. The molecule has 1 atom stereocenters. The van der Waals surface area contributed by atoms with Crippen LogP contribution in [0.4, 0.5) is 0 Å². The number of aliphatic hydroxyl groups excluding tert-OH is 1. The van der Waals surface area contributed by atoms with Crippen molar-refractivity contribution in [2.24, 2.45) is 10.9 Å². The van der Waals surface area contributed by atoms with Crippen LogP contribution in [0, 0.1) is 5.92 Å². The van der Waals surface area contributed by atoms with Crippen molar-refractivity contribution in [3.8, 4) is 5.75 Å². The van der Waals surface area contributed by atoms with Gasteiger partial charge in [0.05, 0.1) is 18.8 Å². The van der Waals surface area contributed by atoms with E-state index < -0.39 is 6.10 Å². The second-order valence-corrected chi connectivity index (χ2v) is 8.14. The normalized spacial score (nSPS) is 16.8. The van der Waals surface area contributed by atoms with Crippen molar-refractivity contribution < 1.29 is 9.84 Å². The first-order valence-electron chi connectivity index (χ1n) is 11.2. The van der Waals surface area contributed by atoms with Crippen molar-refractivity contribution in [1.82, 2.24) is 15.5 Å². The lowest BCUT2D eigenvalue weighted by atomic mass is 9.97. The van der Waals surface area contributed by atoms with Crippen molar-refractivity contribution >= 4 is 29.9 Å². The highest BCUT2D eigenvalue weighted by molar-refractivity contribution is 14.0. The molecular weight excluding hydrogens is 491 g/mol. The van der Waals surface area contributed by atoms with Gasteiger partial charge >= 0.3 is 0 Å². The van der Waals surface area contributed by atoms with Crippen molar-refractivity contribution in [3.63, 3.8) is 0 Å². The molecule has 0 saturated carbocycles. The summed E-state index contributed by atoms with van der Waals surface area (Å²) in [5.74, 6) is 2.28. The number of aliphatic hydroxyl groups is 1. The zero-order chi connectivity index (χ0) is 21.1. The maximum absolute atomic E-state index is 10.5. The molecule has 0 aromatic heterocycles. The van der Waals surface area contributed by atoms with Crippen molar-refractivity contribution in [2.45, 2.75) is 59.2 Å². The summed E-state index contributed by atoms with van der Waals surface area (Å²) in [5, 5.41) is 17.2. The zero-order valence-electron chi connectivity index (χ0n) is 19.1. The van der Waals surface area contributed by atoms with E-state index >= 15 is 0 Å². The topological polar surface area (TPSA) is 69.1 Å². The largest absolute Gasteiger partial charge is 0.491 e. The first-order chi connectivity index (χ1) is 14.0. The summed E-state index contributed by atoms with van der Waals surface area (Å²) in [6.45, 7) is 14.0. The van der Waals surface area contributed by atoms with Gasteiger partial charge in [0.2, 0.25) is 0 Å². The van der Waals surface area contributed by atoms with Crippen LogP contribution in [0.1, 0.15) is 58.6 Å². The number of aliphatic imine (C=N–C) groups is 1. The Labute approximate surface area is 199 Å². The van der Waals surface area contributed by atoms with Crippen LogP contribution in [0.15, 0.2) is 29.3 Å². The number of ether oxygens (including phenoxy) is 1. The number of hydrogen-bond donors (Lipinski definition) is 3. The van der Waals surface area contributed by atoms with E-state index in [-0.39, 0.29) is 30.1 Å². The summed E-state index contributed by atoms with van der Waals surface area (Å²) in [4.78, 5) is 7.15. The molecule has 172 valence electrons. The predicted molar refractivity (Wildman–Crippen MR) is 136 cm³/mol. The molecule has 1 aromatic rings. The summed E-state index contributed by atoms with van der Waals surface area (Å²) >= 11 is 0. The van der Waals surface area contributed by atoms with Crippen LogP contribution in [-0.2, 0) is 0 Å². The highest BCUT2D eigenvalue weighted by Crippen LogP contribution is 2.19. The van der Waals surface area contributed by atoms with E-state index in [4.69, 9.17) is 4.74 Å². The number of guanidine groups is 1. The van der Waals surface area contributed by atoms with Crippen LogP contribution < -0.4 is 15.4 Å². The van der Waals surface area contributed by atoms with Gasteiger partial charge in [-0.3, -0.25) is 4.99 Å². The number of benzene rings is 1. The lowest BCUT2D eigenvalue weighted by Gasteiger charge is -2.32. The second-order valence-electron chi connectivity index (χ2n) is 8.14. The van der Waals surface area contributed by atoms with E-state index in [0.717, 1.165) is 30.4 Å². The fraction of sp³-hybridized carbons (Fsp3) is 0.696. The number of rotatable bonds is 10. The Morgan fingerprint density at radius 3 is 2.40 bits per heavy atom. The van der Waals surface area contributed by atoms with Gasteiger partial charge in [-0.15, -0.1) is 24.0 Å². The Balaban J connectivity index is 0.00000450. The van der Waals surface area contributed by atoms with E-state index in [1.165, 1.54) is 38.9 Å². The minimum atomic E-state index is -0.629. The Kier molecular flexibility index (Phi) is 13.4. The molecule has 7 heteroatoms. The molecule has 0 amide bonds. The van der Waals surface area contributed by atoms with E-state index in [1.54, 1.807) is 0 Å². The molecule has 3 N–H and O–H groups in total. The smallest absolute Gasteiger partial charge is 0.191 e. The first kappa shape index (κ1) is 27.0. The van der Waals surface area contributed by atoms with Gasteiger partial charge in [0.1, 0.15) is 5.75 Å². The molecule has 0 aliphatic carbocycles. The zero-order valence-corrected chi connectivity index (χ0v) is 21.4. The molecule has 6 nitrogen and oxygen atoms in total. The maximum Gasteiger partial charge on any atom is 0.191 e. The van der Waals surface area contributed by atoms with Crippen LogP contribution in [0.3, 0.4) is 0 Å². The van der Waals surface area contributed by atoms with E-state index in [0.29, 0.717) is 12.5 Å². The standard InChI is InChI=1S/C23H40N4O2.HI/c1-5-13-27-14-11-19(12-15-27)16-25-23(24-6-2)26-17-22(28)20-7-9-21(10-8-20)29-18(3)4;/h7-10,18-19,22,28H,5-6,11-17H2,1-4H3,(H2,24,25,26);1H. The van der Waals surface area contributed by atoms with E-state index in [9.17, 15) is 5.11 Å². The average Bonchev–Trinajstić information content (AvgIpc) is 2.71. The number of nitrogens with one attached hydrogen (secondary N) is 2. The molecular formula is C23H41IN4O2. The summed E-state index contributed by atoms with van der Waals surface area (Å²) < 4.78 is 5.66. The highest BCUT2D eigenvalue weighted by Gasteiger charge is 2.18. The van der Waals surface area contributed by atoms with Crippen molar-refractivity contribution in [3.05, 3.63) is 29.8 Å². The molecule has 0 radical (unpaired) electrons. The average molecular weight is 533 g/mol. The Morgan fingerprint density at radius 2 is 1.83 bits per heavy atom. The minimum absolute atomic E-state index is 0. The van der Waals surface area contributed by atoms with Crippen molar-refractivity contribution in [1.29, 1.82) is 0 Å². The quantitative estimate of drug-likeness (QED) is 0.243. The Bertz CT molecular complexity index is 602. The summed E-state index contributed by atoms with van der Waals surface area (Å²) in [5.41, 5.74) is 0.851. The van der Waals surface area contributed by atoms with Crippen LogP contribution in [-0.4, -0.2) is 61.3 Å². The molecule has 1 aliphatic heterocycles. The van der Waals surface area contributed by atoms with E-state index in [1.807, 2.05) is 38.1 Å². The highest BCUT2D eigenvalue weighted by atomic mass is 127. The third-order valence-corrected chi connectivity index (χ3v) is 5.21. The lowest BCUT2D eigenvalue weighted by molar-refractivity contribution is 0.184. The van der Waals surface area contributed by atoms with Crippen molar-refractivity contribution in [2.75, 3.05) is 39.3 Å². The van der Waals surface area contributed by atoms with Gasteiger partial charge in [-0.1, -0.05) is 19.1 Å². The summed E-state index contributed by atoms with van der Waals surface area (Å²) in [6, 6.07) is 7.61. The Hall–Kier alpha value is -1.06. The second kappa shape index (κ2) is 14.9. The molecule has 1 aliphatic rings. The number of nitrogens with zero attached hydrogens (tertiary/aromatic N) is 2. The van der Waals surface area contributed by atoms with Crippen LogP contribution in [0.5, 0.6) is 5.75 Å². The van der Waals surface area contributed by atoms with Gasteiger partial charge in [-0.25, -0.2) is 0 Å². The number of likely N-dealkylation sites (tertiary alicyclic amines) is 1. The van der Waals surface area contributed by atoms with Gasteiger partial charge in [-0.2, -0.15) is 0 Å². The molecule has 1 aromatic carbocycles. The van der Waals surface area contributed by atoms with Gasteiger partial charge in [0.15, 0.2) is 5.96 Å². The third-order valence-electron chi connectivity index (χ3n) is 5.21. The van der Waals surface area contributed by atoms with Gasteiger partial charge in [-0.05, 0) is 83.3 Å². The molecule has 0 bridgehead atoms. The third kappa shape index (κ3) is 9.83. The predicted octanol–water partition coefficient (Wildman–Crippen LogP) is 3.80. The monoisotopic (exact) mass is 532 g/mol. The number of hydrogen-bond acceptors (Lipinski definition) is 4. The fourth-order valence-corrected chi connectivity index (χ4v) is 3.64. The fourth-order valence-electron chi connectivity index (χ4n) is 3.64. The van der Waals surface area contributed by atoms with Gasteiger partial charge < -0.3 is 25.4 Å². The lowest BCUT2D eigenvalue weighted by Crippen LogP contribution is -2.43. The van der Waals surface area contributed by atoms with Gasteiger partial charge in [0.25, 0.3) is 0 Å². The first-order valence-corrected chi connectivity index (χ1v) is 11.2. The van der Waals surface area contributed by atoms with Crippen LogP contribution in [0.2, 0.25) is 0 Å². The minimum Gasteiger partial charge on any atom is -0.491 e. The molecule has 0 spiro atoms. The Morgan fingerprint density at radius 1 is 1.17 bits per heavy atom. The molecule has 1 saturated heterocycles.